The van der Waals surface area contributed by atoms with Gasteiger partial charge in [0.2, 0.25) is 0 Å². The van der Waals surface area contributed by atoms with Gasteiger partial charge in [0.05, 0.1) is 15.9 Å². The number of hydrogen-bond donors (Lipinski definition) is 1. The molecule has 4 nitrogen and oxygen atoms in total. The van der Waals surface area contributed by atoms with E-state index in [-0.39, 0.29) is 0 Å². The van der Waals surface area contributed by atoms with Crippen LogP contribution in [0.4, 0.5) is 0 Å². The molecule has 0 saturated carbocycles. The van der Waals surface area contributed by atoms with Crippen LogP contribution in [0.1, 0.15) is 37.1 Å². The molecule has 0 amide bonds. The number of aromatic nitrogens is 2. The topological polar surface area (TPSA) is 33.1 Å². The Morgan fingerprint density at radius 1 is 1.37 bits per heavy atom. The first kappa shape index (κ1) is 13.6. The van der Waals surface area contributed by atoms with Crippen LogP contribution in [-0.4, -0.2) is 39.9 Å². The Balaban J connectivity index is 1.69. The molecule has 2 unspecified atom stereocenters. The van der Waals surface area contributed by atoms with Gasteiger partial charge in [-0.2, -0.15) is 5.10 Å². The molecule has 1 aromatic heterocycles. The molecule has 2 atom stereocenters. The van der Waals surface area contributed by atoms with Gasteiger partial charge < -0.3 is 5.32 Å². The summed E-state index contributed by atoms with van der Waals surface area (Å²) < 4.78 is 3.17. The predicted octanol–water partition coefficient (Wildman–Crippen LogP) is 2.21. The fourth-order valence-corrected chi connectivity index (χ4v) is 4.07. The molecule has 0 radical (unpaired) electrons. The van der Waals surface area contributed by atoms with Gasteiger partial charge in [0.15, 0.2) is 0 Å². The lowest BCUT2D eigenvalue weighted by Gasteiger charge is -2.35. The molecule has 0 spiro atoms. The van der Waals surface area contributed by atoms with Gasteiger partial charge in [-0.05, 0) is 55.6 Å². The molecule has 106 valence electrons. The van der Waals surface area contributed by atoms with E-state index in [1.54, 1.807) is 0 Å². The summed E-state index contributed by atoms with van der Waals surface area (Å²) in [6.07, 6.45) is 5.32. The number of fused-ring (bicyclic) bond motifs is 2. The third kappa shape index (κ3) is 2.60. The number of halogens is 1. The van der Waals surface area contributed by atoms with Crippen molar-refractivity contribution in [3.05, 3.63) is 15.9 Å². The number of rotatable bonds is 3. The van der Waals surface area contributed by atoms with Crippen molar-refractivity contribution in [2.75, 3.05) is 7.05 Å². The van der Waals surface area contributed by atoms with Gasteiger partial charge in [0, 0.05) is 31.7 Å². The average molecular weight is 327 g/mol. The quantitative estimate of drug-likeness (QED) is 0.924. The Labute approximate surface area is 123 Å². The molecule has 2 fully saturated rings. The van der Waals surface area contributed by atoms with Crippen molar-refractivity contribution in [1.82, 2.24) is 20.0 Å². The standard InChI is InChI=1S/C14H23BrN4/c1-9-14(15)13(19(3)17-9)8-18(2)12-6-10-4-5-11(7-12)16-10/h10-12,16H,4-8H2,1-3H3. The number of piperidine rings is 1. The van der Waals surface area contributed by atoms with E-state index in [0.717, 1.165) is 24.3 Å². The minimum atomic E-state index is 0.709. The van der Waals surface area contributed by atoms with Crippen LogP contribution in [0.5, 0.6) is 0 Å². The van der Waals surface area contributed by atoms with Crippen molar-refractivity contribution in [2.24, 2.45) is 7.05 Å². The van der Waals surface area contributed by atoms with Gasteiger partial charge in [-0.3, -0.25) is 9.58 Å². The Morgan fingerprint density at radius 3 is 2.53 bits per heavy atom. The van der Waals surface area contributed by atoms with Gasteiger partial charge in [-0.1, -0.05) is 0 Å². The first-order valence-electron chi connectivity index (χ1n) is 7.19. The van der Waals surface area contributed by atoms with E-state index < -0.39 is 0 Å². The summed E-state index contributed by atoms with van der Waals surface area (Å²) in [4.78, 5) is 2.51. The first-order valence-corrected chi connectivity index (χ1v) is 7.98. The van der Waals surface area contributed by atoms with Crippen molar-refractivity contribution in [3.8, 4) is 0 Å². The molecule has 3 heterocycles. The van der Waals surface area contributed by atoms with E-state index in [9.17, 15) is 0 Å². The zero-order valence-corrected chi connectivity index (χ0v) is 13.6. The van der Waals surface area contributed by atoms with E-state index in [2.05, 4.69) is 45.2 Å². The summed E-state index contributed by atoms with van der Waals surface area (Å²) in [5.41, 5.74) is 2.36. The van der Waals surface area contributed by atoms with Crippen LogP contribution in [0.3, 0.4) is 0 Å². The highest BCUT2D eigenvalue weighted by Gasteiger charge is 2.35. The summed E-state index contributed by atoms with van der Waals surface area (Å²) in [6, 6.07) is 2.21. The fraction of sp³-hybridized carbons (Fsp3) is 0.786. The number of nitrogens with one attached hydrogen (secondary N) is 1. The second kappa shape index (κ2) is 5.19. The van der Waals surface area contributed by atoms with Crippen molar-refractivity contribution in [2.45, 2.75) is 57.3 Å². The highest BCUT2D eigenvalue weighted by atomic mass is 79.9. The predicted molar refractivity (Wildman–Crippen MR) is 80.1 cm³/mol. The number of hydrogen-bond acceptors (Lipinski definition) is 3. The van der Waals surface area contributed by atoms with E-state index >= 15 is 0 Å². The lowest BCUT2D eigenvalue weighted by molar-refractivity contribution is 0.162. The van der Waals surface area contributed by atoms with Crippen molar-refractivity contribution in [3.63, 3.8) is 0 Å². The minimum Gasteiger partial charge on any atom is -0.311 e. The SMILES string of the molecule is Cc1nn(C)c(CN(C)C2CC3CCC(C2)N3)c1Br. The van der Waals surface area contributed by atoms with Crippen LogP contribution in [0.25, 0.3) is 0 Å². The van der Waals surface area contributed by atoms with Crippen LogP contribution >= 0.6 is 15.9 Å². The summed E-state index contributed by atoms with van der Waals surface area (Å²) >= 11 is 3.67. The van der Waals surface area contributed by atoms with Gasteiger partial charge in [0.25, 0.3) is 0 Å². The van der Waals surface area contributed by atoms with Crippen LogP contribution in [0, 0.1) is 6.92 Å². The summed E-state index contributed by atoms with van der Waals surface area (Å²) in [7, 11) is 4.29. The normalized spacial score (nSPS) is 30.3. The number of aryl methyl sites for hydroxylation is 2. The van der Waals surface area contributed by atoms with Gasteiger partial charge in [-0.25, -0.2) is 0 Å². The van der Waals surface area contributed by atoms with Gasteiger partial charge in [0.1, 0.15) is 0 Å². The zero-order valence-electron chi connectivity index (χ0n) is 12.0. The molecule has 2 aliphatic heterocycles. The van der Waals surface area contributed by atoms with E-state index in [1.807, 2.05) is 11.7 Å². The third-order valence-electron chi connectivity index (χ3n) is 4.73. The van der Waals surface area contributed by atoms with Gasteiger partial charge in [-0.15, -0.1) is 0 Å². The van der Waals surface area contributed by atoms with Crippen LogP contribution in [0.15, 0.2) is 4.47 Å². The number of nitrogens with zero attached hydrogens (tertiary/aromatic N) is 3. The minimum absolute atomic E-state index is 0.709. The molecule has 0 aromatic carbocycles. The molecule has 19 heavy (non-hydrogen) atoms. The first-order chi connectivity index (χ1) is 9.04. The Morgan fingerprint density at radius 2 is 2.00 bits per heavy atom. The summed E-state index contributed by atoms with van der Waals surface area (Å²) in [5, 5.41) is 8.19. The van der Waals surface area contributed by atoms with E-state index in [0.29, 0.717) is 6.04 Å². The molecule has 1 aromatic rings. The molecule has 1 N–H and O–H groups in total. The Kier molecular flexibility index (Phi) is 3.71. The second-order valence-electron chi connectivity index (χ2n) is 6.15. The molecular weight excluding hydrogens is 304 g/mol. The molecule has 2 aliphatic rings. The summed E-state index contributed by atoms with van der Waals surface area (Å²) in [6.45, 7) is 3.03. The third-order valence-corrected chi connectivity index (χ3v) is 5.76. The zero-order chi connectivity index (χ0) is 13.6. The monoisotopic (exact) mass is 326 g/mol. The van der Waals surface area contributed by atoms with Crippen molar-refractivity contribution in [1.29, 1.82) is 0 Å². The smallest absolute Gasteiger partial charge is 0.0739 e. The Bertz CT molecular complexity index is 458. The van der Waals surface area contributed by atoms with E-state index in [1.165, 1.54) is 35.8 Å². The molecule has 2 bridgehead atoms. The fourth-order valence-electron chi connectivity index (χ4n) is 3.60. The Hall–Kier alpha value is -0.390. The molecule has 5 heteroatoms. The summed E-state index contributed by atoms with van der Waals surface area (Å²) in [5.74, 6) is 0. The van der Waals surface area contributed by atoms with E-state index in [4.69, 9.17) is 0 Å². The largest absolute Gasteiger partial charge is 0.311 e. The van der Waals surface area contributed by atoms with Crippen LogP contribution in [0.2, 0.25) is 0 Å². The highest BCUT2D eigenvalue weighted by Crippen LogP contribution is 2.30. The van der Waals surface area contributed by atoms with Crippen molar-refractivity contribution < 1.29 is 0 Å². The van der Waals surface area contributed by atoms with Crippen molar-refractivity contribution >= 4 is 15.9 Å². The lowest BCUT2D eigenvalue weighted by atomic mass is 9.98. The van der Waals surface area contributed by atoms with Gasteiger partial charge >= 0.3 is 0 Å². The lowest BCUT2D eigenvalue weighted by Crippen LogP contribution is -2.46. The second-order valence-corrected chi connectivity index (χ2v) is 6.94. The maximum Gasteiger partial charge on any atom is 0.0739 e. The maximum absolute atomic E-state index is 4.48. The molecule has 2 saturated heterocycles. The molecule has 3 rings (SSSR count). The maximum atomic E-state index is 4.48. The highest BCUT2D eigenvalue weighted by molar-refractivity contribution is 9.10. The van der Waals surface area contributed by atoms with Crippen LogP contribution in [-0.2, 0) is 13.6 Å². The molecule has 0 aliphatic carbocycles. The van der Waals surface area contributed by atoms with Crippen LogP contribution < -0.4 is 5.32 Å². The molecular formula is C14H23BrN4. The average Bonchev–Trinajstić information content (AvgIpc) is 2.83.